The molecule has 248 valence electrons. The number of fused-ring (bicyclic) bond motifs is 1. The zero-order chi connectivity index (χ0) is 32.9. The van der Waals surface area contributed by atoms with E-state index >= 15 is 0 Å². The fourth-order valence-corrected chi connectivity index (χ4v) is 5.28. The number of ether oxygens (including phenoxy) is 2. The number of aliphatic hydroxyl groups is 1. The molecular formula is C34H51N5O6. The van der Waals surface area contributed by atoms with E-state index in [0.717, 1.165) is 32.2 Å². The summed E-state index contributed by atoms with van der Waals surface area (Å²) in [5.74, 6) is -0.319. The highest BCUT2D eigenvalue weighted by atomic mass is 16.5. The van der Waals surface area contributed by atoms with Gasteiger partial charge in [-0.2, -0.15) is 0 Å². The Bertz CT molecular complexity index is 1240. The predicted molar refractivity (Wildman–Crippen MR) is 174 cm³/mol. The topological polar surface area (TPSA) is 125 Å². The van der Waals surface area contributed by atoms with E-state index in [-0.39, 0.29) is 49.0 Å². The second-order valence-electron chi connectivity index (χ2n) is 12.4. The fourth-order valence-electron chi connectivity index (χ4n) is 5.28. The minimum Gasteiger partial charge on any atom is -0.490 e. The van der Waals surface area contributed by atoms with Crippen molar-refractivity contribution in [3.8, 4) is 5.75 Å². The number of nitrogens with one attached hydrogen (secondary N) is 1. The van der Waals surface area contributed by atoms with E-state index in [1.807, 2.05) is 27.9 Å². The number of aromatic nitrogens is 1. The molecule has 1 aromatic carbocycles. The van der Waals surface area contributed by atoms with Gasteiger partial charge in [0.2, 0.25) is 5.91 Å². The van der Waals surface area contributed by atoms with Gasteiger partial charge in [-0.05, 0) is 90.5 Å². The summed E-state index contributed by atoms with van der Waals surface area (Å²) in [6, 6.07) is 7.79. The fraction of sp³-hybridized carbons (Fsp3) is 0.588. The normalized spacial score (nSPS) is 20.5. The zero-order valence-corrected chi connectivity index (χ0v) is 27.7. The molecule has 3 rings (SSSR count). The molecule has 0 radical (unpaired) electrons. The lowest BCUT2D eigenvalue weighted by Gasteiger charge is -2.36. The number of amides is 3. The molecule has 0 fully saturated rings. The monoisotopic (exact) mass is 625 g/mol. The van der Waals surface area contributed by atoms with Gasteiger partial charge < -0.3 is 34.6 Å². The molecule has 4 atom stereocenters. The lowest BCUT2D eigenvalue weighted by atomic mass is 10.0. The number of benzene rings is 1. The van der Waals surface area contributed by atoms with Crippen LogP contribution in [-0.4, -0.2) is 115 Å². The van der Waals surface area contributed by atoms with Crippen LogP contribution in [0.2, 0.25) is 0 Å². The van der Waals surface area contributed by atoms with Crippen molar-refractivity contribution in [2.75, 3.05) is 59.3 Å². The van der Waals surface area contributed by atoms with Gasteiger partial charge in [0, 0.05) is 62.7 Å². The summed E-state index contributed by atoms with van der Waals surface area (Å²) in [6.45, 7) is 7.60. The van der Waals surface area contributed by atoms with E-state index in [0.29, 0.717) is 42.1 Å². The van der Waals surface area contributed by atoms with E-state index in [1.54, 1.807) is 66.5 Å². The van der Waals surface area contributed by atoms with Crippen LogP contribution in [0.5, 0.6) is 5.75 Å². The first-order chi connectivity index (χ1) is 21.5. The number of hydrogen-bond acceptors (Lipinski definition) is 8. The van der Waals surface area contributed by atoms with Crippen molar-refractivity contribution in [2.24, 2.45) is 5.92 Å². The highest BCUT2D eigenvalue weighted by Crippen LogP contribution is 2.29. The van der Waals surface area contributed by atoms with Crippen molar-refractivity contribution >= 4 is 23.4 Å². The van der Waals surface area contributed by atoms with Crippen molar-refractivity contribution in [1.82, 2.24) is 19.7 Å². The Morgan fingerprint density at radius 1 is 1.13 bits per heavy atom. The zero-order valence-electron chi connectivity index (χ0n) is 27.7. The number of likely N-dealkylation sites (N-methyl/N-ethyl adjacent to an activating group) is 1. The number of carbonyl (C=O) groups is 3. The standard InChI is InChI=1S/C34H51N5O6/c1-24-21-39(25(2)23-40)34(43)29-20-28(36-33(42)27-14-16-35-17-15-27)12-13-30(29)45-26(3)10-7-8-19-44-31(24)22-38(6)32(41)11-9-18-37(4)5/h12-17,20,24-26,31,40H,7-11,18-19,21-23H2,1-6H3,(H,36,42)/t24-,25+,26-,31-/m0/s1. The molecule has 1 aromatic heterocycles. The largest absolute Gasteiger partial charge is 0.490 e. The first-order valence-electron chi connectivity index (χ1n) is 15.9. The maximum absolute atomic E-state index is 14.3. The van der Waals surface area contributed by atoms with Gasteiger partial charge in [-0.15, -0.1) is 0 Å². The number of hydrogen-bond donors (Lipinski definition) is 2. The highest BCUT2D eigenvalue weighted by Gasteiger charge is 2.31. The number of nitrogens with zero attached hydrogens (tertiary/aromatic N) is 4. The molecule has 3 amide bonds. The Labute approximate surface area is 267 Å². The van der Waals surface area contributed by atoms with Crippen molar-refractivity contribution < 1.29 is 29.0 Å². The molecule has 0 aliphatic carbocycles. The molecule has 2 aromatic rings. The van der Waals surface area contributed by atoms with Gasteiger partial charge in [0.05, 0.1) is 30.4 Å². The summed E-state index contributed by atoms with van der Waals surface area (Å²) in [5.41, 5.74) is 1.18. The first kappa shape index (κ1) is 35.9. The lowest BCUT2D eigenvalue weighted by Crippen LogP contribution is -2.48. The third-order valence-corrected chi connectivity index (χ3v) is 8.13. The minimum atomic E-state index is -0.501. The maximum atomic E-state index is 14.3. The van der Waals surface area contributed by atoms with Gasteiger partial charge in [0.25, 0.3) is 11.8 Å². The summed E-state index contributed by atoms with van der Waals surface area (Å²) in [5, 5.41) is 13.1. The van der Waals surface area contributed by atoms with Crippen LogP contribution in [0.1, 0.15) is 73.6 Å². The van der Waals surface area contributed by atoms with Gasteiger partial charge >= 0.3 is 0 Å². The van der Waals surface area contributed by atoms with Crippen LogP contribution in [-0.2, 0) is 9.53 Å². The third-order valence-electron chi connectivity index (χ3n) is 8.13. The summed E-state index contributed by atoms with van der Waals surface area (Å²) in [4.78, 5) is 49.5. The van der Waals surface area contributed by atoms with Gasteiger partial charge in [-0.3, -0.25) is 19.4 Å². The highest BCUT2D eigenvalue weighted by molar-refractivity contribution is 6.05. The molecule has 11 nitrogen and oxygen atoms in total. The molecule has 0 spiro atoms. The van der Waals surface area contributed by atoms with E-state index in [4.69, 9.17) is 9.47 Å². The SMILES string of the molecule is C[C@H](CO)N1C[C@H](C)[C@H](CN(C)C(=O)CCCN(C)C)OCCCC[C@H](C)Oc2ccc(NC(=O)c3ccncc3)cc2C1=O. The Morgan fingerprint density at radius 3 is 2.56 bits per heavy atom. The van der Waals surface area contributed by atoms with E-state index in [1.165, 1.54) is 0 Å². The lowest BCUT2D eigenvalue weighted by molar-refractivity contribution is -0.132. The molecule has 11 heteroatoms. The van der Waals surface area contributed by atoms with Gasteiger partial charge in [0.1, 0.15) is 5.75 Å². The van der Waals surface area contributed by atoms with Gasteiger partial charge in [-0.1, -0.05) is 6.92 Å². The van der Waals surface area contributed by atoms with E-state index < -0.39 is 6.04 Å². The smallest absolute Gasteiger partial charge is 0.258 e. The third kappa shape index (κ3) is 11.1. The Morgan fingerprint density at radius 2 is 1.87 bits per heavy atom. The molecule has 0 saturated carbocycles. The van der Waals surface area contributed by atoms with Crippen molar-refractivity contribution in [2.45, 2.75) is 71.1 Å². The average Bonchev–Trinajstić information content (AvgIpc) is 3.02. The number of anilines is 1. The average molecular weight is 626 g/mol. The van der Waals surface area contributed by atoms with Crippen LogP contribution in [0, 0.1) is 5.92 Å². The van der Waals surface area contributed by atoms with E-state index in [9.17, 15) is 19.5 Å². The number of rotatable bonds is 10. The summed E-state index contributed by atoms with van der Waals surface area (Å²) in [6.07, 6.45) is 6.31. The van der Waals surface area contributed by atoms with Crippen LogP contribution in [0.3, 0.4) is 0 Å². The van der Waals surface area contributed by atoms with Crippen molar-refractivity contribution in [3.63, 3.8) is 0 Å². The Hall–Kier alpha value is -3.54. The van der Waals surface area contributed by atoms with Crippen LogP contribution in [0.15, 0.2) is 42.7 Å². The van der Waals surface area contributed by atoms with Crippen LogP contribution < -0.4 is 10.1 Å². The molecule has 1 aliphatic rings. The first-order valence-corrected chi connectivity index (χ1v) is 15.9. The van der Waals surface area contributed by atoms with Crippen LogP contribution in [0.4, 0.5) is 5.69 Å². The van der Waals surface area contributed by atoms with Gasteiger partial charge in [-0.25, -0.2) is 0 Å². The Balaban J connectivity index is 1.89. The molecule has 45 heavy (non-hydrogen) atoms. The molecule has 2 N–H and O–H groups in total. The second kappa shape index (κ2) is 17.8. The molecule has 1 aliphatic heterocycles. The van der Waals surface area contributed by atoms with Gasteiger partial charge in [0.15, 0.2) is 0 Å². The van der Waals surface area contributed by atoms with Crippen molar-refractivity contribution in [3.05, 3.63) is 53.9 Å². The minimum absolute atomic E-state index is 0.0601. The quantitative estimate of drug-likeness (QED) is 0.407. The molecule has 2 heterocycles. The molecular weight excluding hydrogens is 574 g/mol. The number of pyridine rings is 1. The Kier molecular flexibility index (Phi) is 14.2. The van der Waals surface area contributed by atoms with Crippen LogP contribution in [0.25, 0.3) is 0 Å². The maximum Gasteiger partial charge on any atom is 0.258 e. The second-order valence-corrected chi connectivity index (χ2v) is 12.4. The van der Waals surface area contributed by atoms with Crippen LogP contribution >= 0.6 is 0 Å². The molecule has 0 bridgehead atoms. The number of carbonyl (C=O) groups excluding carboxylic acids is 3. The molecule has 0 saturated heterocycles. The summed E-state index contributed by atoms with van der Waals surface area (Å²) < 4.78 is 12.6. The molecule has 0 unspecified atom stereocenters. The van der Waals surface area contributed by atoms with Crippen molar-refractivity contribution in [1.29, 1.82) is 0 Å². The van der Waals surface area contributed by atoms with E-state index in [2.05, 4.69) is 15.2 Å². The summed E-state index contributed by atoms with van der Waals surface area (Å²) >= 11 is 0. The predicted octanol–water partition coefficient (Wildman–Crippen LogP) is 3.93. The summed E-state index contributed by atoms with van der Waals surface area (Å²) in [7, 11) is 5.78. The number of aliphatic hydroxyl groups excluding tert-OH is 1.